The van der Waals surface area contributed by atoms with E-state index in [0.29, 0.717) is 0 Å². The van der Waals surface area contributed by atoms with Gasteiger partial charge in [0.1, 0.15) is 18.3 Å². The van der Waals surface area contributed by atoms with Gasteiger partial charge in [-0.05, 0) is 0 Å². The first kappa shape index (κ1) is 12.8. The normalized spacial score (nSPS) is 31.5. The molecule has 6 N–H and O–H groups in total. The number of aromatic amines is 1. The van der Waals surface area contributed by atoms with E-state index in [-0.39, 0.29) is 11.6 Å². The molecule has 9 nitrogen and oxygen atoms in total. The van der Waals surface area contributed by atoms with Gasteiger partial charge in [0.15, 0.2) is 5.69 Å². The minimum Gasteiger partial charge on any atom is -0.443 e. The Hall–Kier alpha value is -1.68. The van der Waals surface area contributed by atoms with Crippen LogP contribution in [0.4, 0.5) is 0 Å². The van der Waals surface area contributed by atoms with Crippen LogP contribution < -0.4 is 10.5 Å². The van der Waals surface area contributed by atoms with Gasteiger partial charge in [-0.25, -0.2) is 4.98 Å². The van der Waals surface area contributed by atoms with Gasteiger partial charge in [-0.3, -0.25) is 4.79 Å². The van der Waals surface area contributed by atoms with Gasteiger partial charge in [0.25, 0.3) is 5.91 Å². The van der Waals surface area contributed by atoms with Gasteiger partial charge < -0.3 is 35.5 Å². The zero-order valence-corrected chi connectivity index (χ0v) is 9.18. The number of nitrogens with zero attached hydrogens (tertiary/aromatic N) is 1. The average Bonchev–Trinajstić information content (AvgIpc) is 2.89. The van der Waals surface area contributed by atoms with E-state index >= 15 is 0 Å². The highest BCUT2D eigenvalue weighted by Crippen LogP contribution is 2.24. The number of rotatable bonds is 4. The van der Waals surface area contributed by atoms with Crippen molar-refractivity contribution in [1.82, 2.24) is 9.97 Å². The monoisotopic (exact) mass is 259 g/mol. The molecule has 0 spiro atoms. The first-order chi connectivity index (χ1) is 8.54. The van der Waals surface area contributed by atoms with Crippen molar-refractivity contribution in [1.29, 1.82) is 0 Å². The van der Waals surface area contributed by atoms with Crippen LogP contribution in [0.1, 0.15) is 10.5 Å². The molecule has 4 atom stereocenters. The summed E-state index contributed by atoms with van der Waals surface area (Å²) in [6, 6.07) is 0. The number of amides is 1. The molecule has 1 aliphatic rings. The maximum absolute atomic E-state index is 11.0. The van der Waals surface area contributed by atoms with Gasteiger partial charge in [0.05, 0.1) is 12.9 Å². The number of carbonyl (C=O) groups is 1. The first-order valence-electron chi connectivity index (χ1n) is 5.17. The molecule has 1 aliphatic heterocycles. The number of primary amides is 1. The summed E-state index contributed by atoms with van der Waals surface area (Å²) in [6.07, 6.45) is -3.65. The lowest BCUT2D eigenvalue weighted by Crippen LogP contribution is -2.36. The van der Waals surface area contributed by atoms with Crippen molar-refractivity contribution in [2.75, 3.05) is 6.61 Å². The molecule has 0 aliphatic carbocycles. The molecule has 1 fully saturated rings. The van der Waals surface area contributed by atoms with E-state index in [1.165, 1.54) is 6.33 Å². The molecule has 1 aromatic heterocycles. The predicted molar refractivity (Wildman–Crippen MR) is 55.5 cm³/mol. The Balaban J connectivity index is 2.10. The SMILES string of the molecule is NC(=O)c1[nH]cnc1O[C@@H]1O[C@H](CO)[C@H](O)[C@H]1O. The third-order valence-electron chi connectivity index (χ3n) is 2.58. The summed E-state index contributed by atoms with van der Waals surface area (Å²) in [5.74, 6) is -0.924. The molecule has 18 heavy (non-hydrogen) atoms. The maximum atomic E-state index is 11.0. The quantitative estimate of drug-likeness (QED) is 0.395. The van der Waals surface area contributed by atoms with Crippen molar-refractivity contribution >= 4 is 5.91 Å². The number of nitrogens with one attached hydrogen (secondary N) is 1. The van der Waals surface area contributed by atoms with Crippen LogP contribution in [0.5, 0.6) is 5.88 Å². The van der Waals surface area contributed by atoms with Gasteiger partial charge in [0, 0.05) is 0 Å². The number of hydrogen-bond acceptors (Lipinski definition) is 7. The summed E-state index contributed by atoms with van der Waals surface area (Å²) in [5, 5.41) is 28.0. The topological polar surface area (TPSA) is 151 Å². The smallest absolute Gasteiger partial charge is 0.270 e. The molecule has 100 valence electrons. The molecule has 0 unspecified atom stereocenters. The predicted octanol–water partition coefficient (Wildman–Crippen LogP) is -2.67. The number of nitrogens with two attached hydrogens (primary N) is 1. The van der Waals surface area contributed by atoms with Crippen LogP contribution in [0.15, 0.2) is 6.33 Å². The Morgan fingerprint density at radius 1 is 1.56 bits per heavy atom. The molecule has 1 amide bonds. The highest BCUT2D eigenvalue weighted by molar-refractivity contribution is 5.93. The van der Waals surface area contributed by atoms with Crippen LogP contribution in [0.2, 0.25) is 0 Å². The Kier molecular flexibility index (Phi) is 3.48. The zero-order valence-electron chi connectivity index (χ0n) is 9.18. The summed E-state index contributed by atoms with van der Waals surface area (Å²) in [5.41, 5.74) is 4.99. The van der Waals surface area contributed by atoms with E-state index in [2.05, 4.69) is 9.97 Å². The zero-order chi connectivity index (χ0) is 13.3. The number of ether oxygens (including phenoxy) is 2. The second-order valence-electron chi connectivity index (χ2n) is 3.77. The average molecular weight is 259 g/mol. The van der Waals surface area contributed by atoms with E-state index < -0.39 is 37.1 Å². The van der Waals surface area contributed by atoms with Gasteiger partial charge >= 0.3 is 0 Å². The van der Waals surface area contributed by atoms with E-state index in [4.69, 9.17) is 20.3 Å². The van der Waals surface area contributed by atoms with Crippen molar-refractivity contribution in [2.45, 2.75) is 24.6 Å². The molecule has 0 bridgehead atoms. The van der Waals surface area contributed by atoms with Crippen molar-refractivity contribution in [3.63, 3.8) is 0 Å². The van der Waals surface area contributed by atoms with Gasteiger partial charge in [-0.2, -0.15) is 0 Å². The highest BCUT2D eigenvalue weighted by atomic mass is 16.7. The molecule has 1 aromatic rings. The minimum absolute atomic E-state index is 0.0762. The Labute approximate surface area is 101 Å². The van der Waals surface area contributed by atoms with E-state index in [1.54, 1.807) is 0 Å². The number of hydrogen-bond donors (Lipinski definition) is 5. The fourth-order valence-electron chi connectivity index (χ4n) is 1.62. The van der Waals surface area contributed by atoms with E-state index in [0.717, 1.165) is 0 Å². The third-order valence-corrected chi connectivity index (χ3v) is 2.58. The fraction of sp³-hybridized carbons (Fsp3) is 0.556. The largest absolute Gasteiger partial charge is 0.443 e. The maximum Gasteiger partial charge on any atom is 0.270 e. The standard InChI is InChI=1S/C9H13N3O6/c10-7(16)4-8(12-2-11-4)18-9-6(15)5(14)3(1-13)17-9/h2-3,5-6,9,13-15H,1H2,(H2,10,16)(H,11,12)/t3-,5+,6-,9+/m1/s1. The lowest BCUT2D eigenvalue weighted by molar-refractivity contribution is -0.118. The van der Waals surface area contributed by atoms with Gasteiger partial charge in [-0.1, -0.05) is 0 Å². The molecule has 0 saturated carbocycles. The van der Waals surface area contributed by atoms with Crippen LogP contribution in [0.25, 0.3) is 0 Å². The molecular formula is C9H13N3O6. The first-order valence-corrected chi connectivity index (χ1v) is 5.17. The molecule has 9 heteroatoms. The summed E-state index contributed by atoms with van der Waals surface area (Å²) in [7, 11) is 0. The highest BCUT2D eigenvalue weighted by Gasteiger charge is 2.44. The number of H-pyrrole nitrogens is 1. The number of aliphatic hydroxyl groups is 3. The van der Waals surface area contributed by atoms with Gasteiger partial charge in [0.2, 0.25) is 12.2 Å². The van der Waals surface area contributed by atoms with Crippen molar-refractivity contribution < 1.29 is 29.6 Å². The van der Waals surface area contributed by atoms with Crippen molar-refractivity contribution in [2.24, 2.45) is 5.73 Å². The molecular weight excluding hydrogens is 246 g/mol. The number of aliphatic hydroxyl groups excluding tert-OH is 3. The van der Waals surface area contributed by atoms with Crippen LogP contribution >= 0.6 is 0 Å². The molecule has 2 heterocycles. The van der Waals surface area contributed by atoms with Crippen LogP contribution in [-0.2, 0) is 4.74 Å². The van der Waals surface area contributed by atoms with E-state index in [9.17, 15) is 15.0 Å². The summed E-state index contributed by atoms with van der Waals surface area (Å²) in [6.45, 7) is -0.471. The second-order valence-corrected chi connectivity index (χ2v) is 3.77. The van der Waals surface area contributed by atoms with Crippen molar-refractivity contribution in [3.8, 4) is 5.88 Å². The molecule has 0 radical (unpaired) electrons. The van der Waals surface area contributed by atoms with E-state index in [1.807, 2.05) is 0 Å². The number of carbonyl (C=O) groups excluding carboxylic acids is 1. The Bertz CT molecular complexity index is 436. The summed E-state index contributed by atoms with van der Waals surface area (Å²) in [4.78, 5) is 17.2. The molecule has 1 saturated heterocycles. The minimum atomic E-state index is -1.36. The number of imidazole rings is 1. The van der Waals surface area contributed by atoms with Gasteiger partial charge in [-0.15, -0.1) is 0 Å². The number of aromatic nitrogens is 2. The fourth-order valence-corrected chi connectivity index (χ4v) is 1.62. The molecule has 0 aromatic carbocycles. The van der Waals surface area contributed by atoms with Crippen LogP contribution in [0.3, 0.4) is 0 Å². The van der Waals surface area contributed by atoms with Crippen LogP contribution in [-0.4, -0.2) is 62.4 Å². The second kappa shape index (κ2) is 4.90. The summed E-state index contributed by atoms with van der Waals surface area (Å²) >= 11 is 0. The van der Waals surface area contributed by atoms with Crippen LogP contribution in [0, 0.1) is 0 Å². The Morgan fingerprint density at radius 2 is 2.28 bits per heavy atom. The summed E-state index contributed by atoms with van der Waals surface area (Å²) < 4.78 is 10.2. The molecule has 2 rings (SSSR count). The van der Waals surface area contributed by atoms with Crippen molar-refractivity contribution in [3.05, 3.63) is 12.0 Å². The Morgan fingerprint density at radius 3 is 2.83 bits per heavy atom. The third kappa shape index (κ3) is 2.16. The lowest BCUT2D eigenvalue weighted by atomic mass is 10.1. The lowest BCUT2D eigenvalue weighted by Gasteiger charge is -2.15.